The Morgan fingerprint density at radius 2 is 1.88 bits per heavy atom. The summed E-state index contributed by atoms with van der Waals surface area (Å²) in [6.45, 7) is 4.17. The SMILES string of the molecule is CC(=O)C[C@@]1(O)C(=O)N(CCCOc2ccccc2)c2c(C)cccc21. The quantitative estimate of drug-likeness (QED) is 0.777. The van der Waals surface area contributed by atoms with E-state index in [2.05, 4.69) is 0 Å². The van der Waals surface area contributed by atoms with Crippen LogP contribution in [0.4, 0.5) is 5.69 Å². The molecule has 0 saturated carbocycles. The van der Waals surface area contributed by atoms with E-state index in [9.17, 15) is 14.7 Å². The maximum atomic E-state index is 12.9. The number of fused-ring (bicyclic) bond motifs is 1. The molecule has 0 saturated heterocycles. The van der Waals surface area contributed by atoms with Crippen molar-refractivity contribution in [2.75, 3.05) is 18.1 Å². The Balaban J connectivity index is 1.75. The Bertz CT molecular complexity index is 818. The lowest BCUT2D eigenvalue weighted by Crippen LogP contribution is -2.42. The molecule has 0 aliphatic carbocycles. The molecule has 0 radical (unpaired) electrons. The lowest BCUT2D eigenvalue weighted by Gasteiger charge is -2.22. The number of aliphatic hydroxyl groups is 1. The van der Waals surface area contributed by atoms with Crippen molar-refractivity contribution in [2.24, 2.45) is 0 Å². The summed E-state index contributed by atoms with van der Waals surface area (Å²) in [4.78, 5) is 26.1. The number of aryl methyl sites for hydroxylation is 1. The van der Waals surface area contributed by atoms with E-state index in [0.29, 0.717) is 30.8 Å². The van der Waals surface area contributed by atoms with Crippen molar-refractivity contribution >= 4 is 17.4 Å². The van der Waals surface area contributed by atoms with Crippen LogP contribution in [0.15, 0.2) is 48.5 Å². The third kappa shape index (κ3) is 3.35. The fourth-order valence-electron chi connectivity index (χ4n) is 3.46. The van der Waals surface area contributed by atoms with E-state index in [1.165, 1.54) is 6.92 Å². The monoisotopic (exact) mass is 353 g/mol. The smallest absolute Gasteiger partial charge is 0.264 e. The normalized spacial score (nSPS) is 18.7. The van der Waals surface area contributed by atoms with E-state index in [0.717, 1.165) is 11.3 Å². The Kier molecular flexibility index (Phi) is 5.09. The molecule has 0 bridgehead atoms. The van der Waals surface area contributed by atoms with E-state index >= 15 is 0 Å². The van der Waals surface area contributed by atoms with E-state index in [4.69, 9.17) is 4.74 Å². The Hall–Kier alpha value is -2.66. The number of rotatable bonds is 7. The molecule has 5 nitrogen and oxygen atoms in total. The highest BCUT2D eigenvalue weighted by molar-refractivity contribution is 6.09. The predicted octanol–water partition coefficient (Wildman–Crippen LogP) is 2.98. The number of para-hydroxylation sites is 2. The van der Waals surface area contributed by atoms with E-state index in [1.807, 2.05) is 43.3 Å². The minimum Gasteiger partial charge on any atom is -0.494 e. The summed E-state index contributed by atoms with van der Waals surface area (Å²) in [5, 5.41) is 11.0. The fraction of sp³-hybridized carbons (Fsp3) is 0.333. The summed E-state index contributed by atoms with van der Waals surface area (Å²) in [5.74, 6) is 0.129. The van der Waals surface area contributed by atoms with Crippen LogP contribution in [-0.2, 0) is 15.2 Å². The third-order valence-corrected chi connectivity index (χ3v) is 4.59. The number of ketones is 1. The van der Waals surface area contributed by atoms with Gasteiger partial charge < -0.3 is 14.7 Å². The Morgan fingerprint density at radius 1 is 1.15 bits per heavy atom. The number of anilines is 1. The molecule has 0 aromatic heterocycles. The van der Waals surface area contributed by atoms with Crippen molar-refractivity contribution in [3.63, 3.8) is 0 Å². The number of hydrogen-bond acceptors (Lipinski definition) is 4. The van der Waals surface area contributed by atoms with Crippen molar-refractivity contribution in [1.82, 2.24) is 0 Å². The van der Waals surface area contributed by atoms with Crippen molar-refractivity contribution in [3.8, 4) is 5.75 Å². The molecule has 0 spiro atoms. The molecule has 26 heavy (non-hydrogen) atoms. The average Bonchev–Trinajstić information content (AvgIpc) is 2.82. The molecule has 2 aromatic rings. The second-order valence-electron chi connectivity index (χ2n) is 6.68. The van der Waals surface area contributed by atoms with Crippen LogP contribution < -0.4 is 9.64 Å². The van der Waals surface area contributed by atoms with Gasteiger partial charge in [0, 0.05) is 18.5 Å². The fourth-order valence-corrected chi connectivity index (χ4v) is 3.46. The molecule has 3 rings (SSSR count). The molecule has 0 fully saturated rings. The molecule has 1 aliphatic rings. The topological polar surface area (TPSA) is 66.8 Å². The van der Waals surface area contributed by atoms with E-state index in [1.54, 1.807) is 17.0 Å². The number of Topliss-reactive ketones (excluding diaryl/α,β-unsaturated/α-hetero) is 1. The first-order valence-corrected chi connectivity index (χ1v) is 8.75. The third-order valence-electron chi connectivity index (χ3n) is 4.59. The maximum absolute atomic E-state index is 12.9. The molecule has 1 heterocycles. The highest BCUT2D eigenvalue weighted by Crippen LogP contribution is 2.44. The van der Waals surface area contributed by atoms with Crippen LogP contribution in [0, 0.1) is 6.92 Å². The van der Waals surface area contributed by atoms with Gasteiger partial charge >= 0.3 is 0 Å². The zero-order valence-electron chi connectivity index (χ0n) is 15.1. The van der Waals surface area contributed by atoms with Crippen LogP contribution in [0.1, 0.15) is 30.9 Å². The van der Waals surface area contributed by atoms with Gasteiger partial charge in [0.2, 0.25) is 0 Å². The largest absolute Gasteiger partial charge is 0.494 e. The molecular weight excluding hydrogens is 330 g/mol. The van der Waals surface area contributed by atoms with E-state index in [-0.39, 0.29) is 12.2 Å². The first-order chi connectivity index (χ1) is 12.4. The molecule has 0 unspecified atom stereocenters. The van der Waals surface area contributed by atoms with Gasteiger partial charge in [0.05, 0.1) is 12.3 Å². The lowest BCUT2D eigenvalue weighted by molar-refractivity contribution is -0.141. The molecule has 136 valence electrons. The standard InChI is InChI=1S/C21H23NO4/c1-15-8-6-11-18-19(15)22(20(24)21(18,25)14-16(2)23)12-7-13-26-17-9-4-3-5-10-17/h3-6,8-11,25H,7,12-14H2,1-2H3/t21-/m0/s1. The molecule has 1 N–H and O–H groups in total. The molecule has 1 atom stereocenters. The summed E-state index contributed by atoms with van der Waals surface area (Å²) in [5.41, 5.74) is 0.356. The molecule has 5 heteroatoms. The van der Waals surface area contributed by atoms with Crippen LogP contribution in [0.5, 0.6) is 5.75 Å². The second kappa shape index (κ2) is 7.30. The van der Waals surface area contributed by atoms with Crippen molar-refractivity contribution in [1.29, 1.82) is 0 Å². The Labute approximate surface area is 153 Å². The predicted molar refractivity (Wildman–Crippen MR) is 99.3 cm³/mol. The number of benzene rings is 2. The first-order valence-electron chi connectivity index (χ1n) is 8.75. The minimum absolute atomic E-state index is 0.209. The highest BCUT2D eigenvalue weighted by atomic mass is 16.5. The number of hydrogen-bond donors (Lipinski definition) is 1. The van der Waals surface area contributed by atoms with Crippen molar-refractivity contribution in [3.05, 3.63) is 59.7 Å². The van der Waals surface area contributed by atoms with Gasteiger partial charge in [-0.2, -0.15) is 0 Å². The zero-order chi connectivity index (χ0) is 18.7. The van der Waals surface area contributed by atoms with Gasteiger partial charge in [-0.15, -0.1) is 0 Å². The number of amides is 1. The van der Waals surface area contributed by atoms with E-state index < -0.39 is 11.5 Å². The number of ether oxygens (including phenoxy) is 1. The summed E-state index contributed by atoms with van der Waals surface area (Å²) in [6, 6.07) is 14.9. The van der Waals surface area contributed by atoms with Gasteiger partial charge in [0.15, 0.2) is 5.60 Å². The summed E-state index contributed by atoms with van der Waals surface area (Å²) >= 11 is 0. The number of nitrogens with zero attached hydrogens (tertiary/aromatic N) is 1. The van der Waals surface area contributed by atoms with Crippen LogP contribution in [0.25, 0.3) is 0 Å². The minimum atomic E-state index is -1.77. The molecule has 1 amide bonds. The lowest BCUT2D eigenvalue weighted by atomic mass is 9.89. The molecular formula is C21H23NO4. The average molecular weight is 353 g/mol. The Morgan fingerprint density at radius 3 is 2.58 bits per heavy atom. The van der Waals surface area contributed by atoms with Crippen molar-refractivity contribution in [2.45, 2.75) is 32.3 Å². The number of carbonyl (C=O) groups excluding carboxylic acids is 2. The molecule has 2 aromatic carbocycles. The molecule has 1 aliphatic heterocycles. The van der Waals surface area contributed by atoms with Gasteiger partial charge in [0.25, 0.3) is 5.91 Å². The maximum Gasteiger partial charge on any atom is 0.264 e. The number of carbonyl (C=O) groups is 2. The summed E-state index contributed by atoms with van der Waals surface area (Å²) in [7, 11) is 0. The zero-order valence-corrected chi connectivity index (χ0v) is 15.1. The summed E-state index contributed by atoms with van der Waals surface area (Å²) in [6.07, 6.45) is 0.407. The van der Waals surface area contributed by atoms with Gasteiger partial charge in [-0.1, -0.05) is 36.4 Å². The van der Waals surface area contributed by atoms with Crippen LogP contribution in [0.3, 0.4) is 0 Å². The van der Waals surface area contributed by atoms with Gasteiger partial charge in [-0.3, -0.25) is 9.59 Å². The van der Waals surface area contributed by atoms with Crippen LogP contribution in [-0.4, -0.2) is 29.9 Å². The second-order valence-corrected chi connectivity index (χ2v) is 6.68. The van der Waals surface area contributed by atoms with Crippen LogP contribution >= 0.6 is 0 Å². The first kappa shape index (κ1) is 18.1. The van der Waals surface area contributed by atoms with Crippen LogP contribution in [0.2, 0.25) is 0 Å². The van der Waals surface area contributed by atoms with Gasteiger partial charge in [0.1, 0.15) is 11.5 Å². The highest BCUT2D eigenvalue weighted by Gasteiger charge is 2.50. The summed E-state index contributed by atoms with van der Waals surface area (Å²) < 4.78 is 5.68. The van der Waals surface area contributed by atoms with Gasteiger partial charge in [-0.05, 0) is 38.0 Å². The van der Waals surface area contributed by atoms with Crippen molar-refractivity contribution < 1.29 is 19.4 Å². The van der Waals surface area contributed by atoms with Gasteiger partial charge in [-0.25, -0.2) is 0 Å².